The Labute approximate surface area is 241 Å². The molecule has 2 aromatic heterocycles. The van der Waals surface area contributed by atoms with E-state index in [1.807, 2.05) is 36.4 Å². The van der Waals surface area contributed by atoms with Crippen LogP contribution in [0.3, 0.4) is 0 Å². The van der Waals surface area contributed by atoms with Crippen LogP contribution < -0.4 is 9.64 Å². The molecule has 3 saturated heterocycles. The highest BCUT2D eigenvalue weighted by atomic mass is 19.1. The Hall–Kier alpha value is -3.76. The summed E-state index contributed by atoms with van der Waals surface area (Å²) >= 11 is 0. The zero-order chi connectivity index (χ0) is 28.3. The summed E-state index contributed by atoms with van der Waals surface area (Å²) in [5.41, 5.74) is 1.81. The van der Waals surface area contributed by atoms with E-state index in [-0.39, 0.29) is 22.8 Å². The largest absolute Gasteiger partial charge is 0.461 e. The monoisotopic (exact) mass is 548 g/mol. The first-order chi connectivity index (χ1) is 20.6. The first-order valence-electron chi connectivity index (χ1n) is 15.6. The van der Waals surface area contributed by atoms with Crippen molar-refractivity contribution in [2.24, 2.45) is 11.8 Å². The molecule has 0 amide bonds. The highest BCUT2D eigenvalue weighted by Gasteiger charge is 2.45. The number of fused-ring (bicyclic) bond motifs is 5. The average molecular weight is 549 g/mol. The van der Waals surface area contributed by atoms with Gasteiger partial charge in [0.15, 0.2) is 5.82 Å². The molecule has 2 atom stereocenters. The number of aromatic nitrogens is 3. The van der Waals surface area contributed by atoms with Crippen LogP contribution in [0.25, 0.3) is 32.9 Å². The number of pyridine rings is 1. The Morgan fingerprint density at radius 1 is 1.07 bits per heavy atom. The molecule has 8 rings (SSSR count). The van der Waals surface area contributed by atoms with Crippen LogP contribution >= 0.6 is 0 Å². The number of benzene rings is 2. The molecule has 4 aliphatic rings. The molecule has 41 heavy (non-hydrogen) atoms. The molecule has 1 aliphatic carbocycles. The number of hydrogen-bond donors (Lipinski definition) is 0. The van der Waals surface area contributed by atoms with Crippen molar-refractivity contribution in [3.8, 4) is 29.6 Å². The van der Waals surface area contributed by atoms with E-state index in [1.54, 1.807) is 6.20 Å². The van der Waals surface area contributed by atoms with E-state index in [9.17, 15) is 0 Å². The number of anilines is 1. The SMILES string of the molecule is [2H]C#Cc1cccc2cccc(-c3ncc4c(N5CC6CCC(C6)C5)nc(OCC56CCCN5CCC6)nc4c3F)c12. The molecule has 7 heteroatoms. The standard InChI is InChI=1S/C34H34FN5O/c1-2-24-7-3-8-25-9-4-10-26(28(24)25)30-29(35)31-27(18-36-30)32(39-19-22-11-12-23(17-22)20-39)38-33(37-31)41-21-34-13-5-15-40(34)16-6-14-34/h1,3-4,7-10,18,22-23H,5-6,11-17,19-21H2/i1D. The predicted octanol–water partition coefficient (Wildman–Crippen LogP) is 6.21. The van der Waals surface area contributed by atoms with Gasteiger partial charge in [-0.25, -0.2) is 4.39 Å². The zero-order valence-electron chi connectivity index (χ0n) is 24.2. The normalized spacial score (nSPS) is 23.4. The van der Waals surface area contributed by atoms with Crippen molar-refractivity contribution in [2.45, 2.75) is 50.5 Å². The maximum atomic E-state index is 16.7. The fraction of sp³-hybridized carbons (Fsp3) is 0.441. The van der Waals surface area contributed by atoms with E-state index in [4.69, 9.17) is 21.1 Å². The summed E-state index contributed by atoms with van der Waals surface area (Å²) in [6.07, 6.45) is 12.4. The quantitative estimate of drug-likeness (QED) is 0.277. The van der Waals surface area contributed by atoms with Crippen molar-refractivity contribution in [2.75, 3.05) is 37.7 Å². The van der Waals surface area contributed by atoms with Crippen LogP contribution in [0, 0.1) is 30.0 Å². The van der Waals surface area contributed by atoms with E-state index in [2.05, 4.69) is 22.1 Å². The van der Waals surface area contributed by atoms with Gasteiger partial charge in [-0.2, -0.15) is 9.97 Å². The van der Waals surface area contributed by atoms with Crippen LogP contribution in [0.1, 0.15) is 51.9 Å². The first-order valence-corrected chi connectivity index (χ1v) is 15.1. The second-order valence-corrected chi connectivity index (χ2v) is 12.5. The summed E-state index contributed by atoms with van der Waals surface area (Å²) in [5, 5.41) is 2.32. The van der Waals surface area contributed by atoms with E-state index in [0.717, 1.165) is 55.6 Å². The van der Waals surface area contributed by atoms with Gasteiger partial charge in [-0.1, -0.05) is 36.3 Å². The second kappa shape index (κ2) is 9.66. The van der Waals surface area contributed by atoms with Gasteiger partial charge in [0.25, 0.3) is 0 Å². The predicted molar refractivity (Wildman–Crippen MR) is 159 cm³/mol. The molecular weight excluding hydrogens is 513 g/mol. The van der Waals surface area contributed by atoms with Gasteiger partial charge in [0.05, 0.1) is 10.9 Å². The Bertz CT molecular complexity index is 1740. The van der Waals surface area contributed by atoms with Gasteiger partial charge < -0.3 is 9.64 Å². The van der Waals surface area contributed by atoms with E-state index in [1.165, 1.54) is 32.1 Å². The van der Waals surface area contributed by atoms with Crippen molar-refractivity contribution in [3.63, 3.8) is 0 Å². The maximum Gasteiger partial charge on any atom is 0.319 e. The number of piperidine rings is 1. The summed E-state index contributed by atoms with van der Waals surface area (Å²) in [5.74, 6) is 4.40. The Morgan fingerprint density at radius 2 is 1.85 bits per heavy atom. The minimum atomic E-state index is -0.483. The Balaban J connectivity index is 1.26. The maximum absolute atomic E-state index is 16.7. The number of hydrogen-bond acceptors (Lipinski definition) is 6. The molecule has 4 fully saturated rings. The van der Waals surface area contributed by atoms with Crippen LogP contribution in [-0.2, 0) is 0 Å². The summed E-state index contributed by atoms with van der Waals surface area (Å²) in [4.78, 5) is 19.2. The molecule has 0 radical (unpaired) electrons. The van der Waals surface area contributed by atoms with Crippen molar-refractivity contribution < 1.29 is 10.5 Å². The lowest BCUT2D eigenvalue weighted by molar-refractivity contribution is 0.108. The van der Waals surface area contributed by atoms with Crippen molar-refractivity contribution in [3.05, 3.63) is 54.0 Å². The van der Waals surface area contributed by atoms with Gasteiger partial charge in [0.2, 0.25) is 0 Å². The molecule has 4 aromatic rings. The van der Waals surface area contributed by atoms with Crippen LogP contribution in [0.4, 0.5) is 10.2 Å². The highest BCUT2D eigenvalue weighted by Crippen LogP contribution is 2.42. The third kappa shape index (κ3) is 4.06. The molecule has 2 bridgehead atoms. The lowest BCUT2D eigenvalue weighted by Gasteiger charge is -2.34. The van der Waals surface area contributed by atoms with E-state index >= 15 is 4.39 Å². The van der Waals surface area contributed by atoms with Gasteiger partial charge in [-0.3, -0.25) is 9.88 Å². The Kier molecular flexibility index (Phi) is 5.63. The van der Waals surface area contributed by atoms with Crippen LogP contribution in [-0.4, -0.2) is 58.2 Å². The molecule has 2 aromatic carbocycles. The van der Waals surface area contributed by atoms with E-state index in [0.29, 0.717) is 35.0 Å². The summed E-state index contributed by atoms with van der Waals surface area (Å²) in [6, 6.07) is 11.7. The highest BCUT2D eigenvalue weighted by molar-refractivity contribution is 6.02. The number of rotatable bonds is 5. The van der Waals surface area contributed by atoms with E-state index < -0.39 is 5.82 Å². The molecular formula is C34H34FN5O. The molecule has 2 unspecified atom stereocenters. The first kappa shape index (κ1) is 23.9. The average Bonchev–Trinajstić information content (AvgIpc) is 3.69. The van der Waals surface area contributed by atoms with Gasteiger partial charge in [0, 0.05) is 35.8 Å². The van der Waals surface area contributed by atoms with Gasteiger partial charge >= 0.3 is 6.01 Å². The fourth-order valence-corrected chi connectivity index (χ4v) is 8.20. The number of terminal acetylenes is 1. The summed E-state index contributed by atoms with van der Waals surface area (Å²) in [6.45, 7) is 4.60. The third-order valence-electron chi connectivity index (χ3n) is 10.1. The number of halogens is 1. The molecule has 0 N–H and O–H groups in total. The van der Waals surface area contributed by atoms with Gasteiger partial charge in [-0.15, -0.1) is 6.40 Å². The van der Waals surface area contributed by atoms with Crippen molar-refractivity contribution >= 4 is 27.5 Å². The van der Waals surface area contributed by atoms with Crippen LogP contribution in [0.2, 0.25) is 0 Å². The second-order valence-electron chi connectivity index (χ2n) is 12.5. The minimum absolute atomic E-state index is 0.0445. The zero-order valence-corrected chi connectivity index (χ0v) is 23.2. The Morgan fingerprint density at radius 3 is 2.63 bits per heavy atom. The fourth-order valence-electron chi connectivity index (χ4n) is 8.20. The van der Waals surface area contributed by atoms with Crippen LogP contribution in [0.5, 0.6) is 6.01 Å². The topological polar surface area (TPSA) is 54.4 Å². The minimum Gasteiger partial charge on any atom is -0.461 e. The molecule has 208 valence electrons. The molecule has 6 nitrogen and oxygen atoms in total. The molecule has 3 aliphatic heterocycles. The third-order valence-corrected chi connectivity index (χ3v) is 10.1. The van der Waals surface area contributed by atoms with Crippen LogP contribution in [0.15, 0.2) is 42.6 Å². The summed E-state index contributed by atoms with van der Waals surface area (Å²) in [7, 11) is 0. The number of ether oxygens (including phenoxy) is 1. The van der Waals surface area contributed by atoms with Crippen molar-refractivity contribution in [1.29, 1.82) is 0 Å². The lowest BCUT2D eigenvalue weighted by atomic mass is 9.95. The summed E-state index contributed by atoms with van der Waals surface area (Å²) < 4.78 is 30.6. The molecule has 1 saturated carbocycles. The van der Waals surface area contributed by atoms with Crippen molar-refractivity contribution in [1.82, 2.24) is 19.9 Å². The molecule has 5 heterocycles. The smallest absolute Gasteiger partial charge is 0.319 e. The lowest BCUT2D eigenvalue weighted by Crippen LogP contribution is -2.43. The molecule has 0 spiro atoms. The van der Waals surface area contributed by atoms with Gasteiger partial charge in [0.1, 0.15) is 25.0 Å². The van der Waals surface area contributed by atoms with Gasteiger partial charge in [-0.05, 0) is 81.3 Å². The number of nitrogens with zero attached hydrogens (tertiary/aromatic N) is 5.